The van der Waals surface area contributed by atoms with Gasteiger partial charge in [0.1, 0.15) is 11.3 Å². The maximum atomic E-state index is 12.0. The Morgan fingerprint density at radius 2 is 1.88 bits per heavy atom. The molecule has 0 spiro atoms. The summed E-state index contributed by atoms with van der Waals surface area (Å²) in [6.07, 6.45) is 3.94. The van der Waals surface area contributed by atoms with E-state index in [1.165, 1.54) is 0 Å². The first kappa shape index (κ1) is 19.6. The predicted octanol–water partition coefficient (Wildman–Crippen LogP) is 3.70. The van der Waals surface area contributed by atoms with Gasteiger partial charge in [-0.25, -0.2) is 4.79 Å². The third-order valence-electron chi connectivity index (χ3n) is 3.86. The summed E-state index contributed by atoms with van der Waals surface area (Å²) in [5.74, 6) is -0.683. The summed E-state index contributed by atoms with van der Waals surface area (Å²) in [7, 11) is 0. The van der Waals surface area contributed by atoms with Crippen molar-refractivity contribution < 1.29 is 28.9 Å². The van der Waals surface area contributed by atoms with Gasteiger partial charge in [0.15, 0.2) is 5.75 Å². The Morgan fingerprint density at radius 1 is 1.12 bits per heavy atom. The SMILES string of the molecule is CCCCOc1c(O)c2ccc(OCCCCCC(=O)O)cc2oc1=O. The smallest absolute Gasteiger partial charge is 0.383 e. The fourth-order valence-electron chi connectivity index (χ4n) is 2.43. The molecule has 142 valence electrons. The number of carboxylic acids is 1. The molecule has 0 amide bonds. The monoisotopic (exact) mass is 364 g/mol. The summed E-state index contributed by atoms with van der Waals surface area (Å²) in [4.78, 5) is 22.4. The number of aliphatic carboxylic acids is 1. The lowest BCUT2D eigenvalue weighted by Gasteiger charge is -2.10. The molecule has 0 unspecified atom stereocenters. The molecule has 2 rings (SSSR count). The van der Waals surface area contributed by atoms with Gasteiger partial charge in [-0.1, -0.05) is 13.3 Å². The van der Waals surface area contributed by atoms with Gasteiger partial charge < -0.3 is 24.1 Å². The lowest BCUT2D eigenvalue weighted by Crippen LogP contribution is -2.08. The molecule has 1 aromatic carbocycles. The molecule has 0 aliphatic rings. The number of ether oxygens (including phenoxy) is 2. The van der Waals surface area contributed by atoms with Crippen molar-refractivity contribution in [1.82, 2.24) is 0 Å². The Kier molecular flexibility index (Phi) is 7.32. The highest BCUT2D eigenvalue weighted by Gasteiger charge is 2.16. The van der Waals surface area contributed by atoms with Crippen LogP contribution in [0.5, 0.6) is 17.2 Å². The van der Waals surface area contributed by atoms with E-state index in [9.17, 15) is 14.7 Å². The fraction of sp³-hybridized carbons (Fsp3) is 0.474. The van der Waals surface area contributed by atoms with Crippen LogP contribution < -0.4 is 15.1 Å². The third-order valence-corrected chi connectivity index (χ3v) is 3.86. The van der Waals surface area contributed by atoms with Crippen LogP contribution in [0, 0.1) is 0 Å². The number of rotatable bonds is 11. The average Bonchev–Trinajstić information content (AvgIpc) is 2.60. The lowest BCUT2D eigenvalue weighted by molar-refractivity contribution is -0.137. The van der Waals surface area contributed by atoms with E-state index in [0.717, 1.165) is 25.7 Å². The molecule has 0 radical (unpaired) electrons. The maximum absolute atomic E-state index is 12.0. The molecule has 0 aliphatic carbocycles. The second-order valence-corrected chi connectivity index (χ2v) is 5.98. The summed E-state index contributed by atoms with van der Waals surface area (Å²) in [6, 6.07) is 4.83. The second-order valence-electron chi connectivity index (χ2n) is 5.98. The summed E-state index contributed by atoms with van der Waals surface area (Å²) < 4.78 is 16.2. The van der Waals surface area contributed by atoms with Crippen molar-refractivity contribution in [1.29, 1.82) is 0 Å². The first-order valence-electron chi connectivity index (χ1n) is 8.80. The Hall–Kier alpha value is -2.70. The molecule has 0 saturated heterocycles. The van der Waals surface area contributed by atoms with Crippen LogP contribution >= 0.6 is 0 Å². The fourth-order valence-corrected chi connectivity index (χ4v) is 2.43. The summed E-state index contributed by atoms with van der Waals surface area (Å²) in [6.45, 7) is 2.77. The number of hydrogen-bond acceptors (Lipinski definition) is 6. The van der Waals surface area contributed by atoms with Crippen molar-refractivity contribution in [3.63, 3.8) is 0 Å². The van der Waals surface area contributed by atoms with Gasteiger partial charge in [0.05, 0.1) is 18.6 Å². The minimum atomic E-state index is -0.798. The zero-order chi connectivity index (χ0) is 18.9. The minimum absolute atomic E-state index is 0.156. The van der Waals surface area contributed by atoms with E-state index >= 15 is 0 Å². The molecule has 0 saturated carbocycles. The number of fused-ring (bicyclic) bond motifs is 1. The zero-order valence-corrected chi connectivity index (χ0v) is 14.8. The van der Waals surface area contributed by atoms with E-state index in [4.69, 9.17) is 19.0 Å². The van der Waals surface area contributed by atoms with Gasteiger partial charge in [0.2, 0.25) is 5.75 Å². The van der Waals surface area contributed by atoms with Gasteiger partial charge >= 0.3 is 11.6 Å². The lowest BCUT2D eigenvalue weighted by atomic mass is 10.2. The van der Waals surface area contributed by atoms with Crippen LogP contribution in [0.3, 0.4) is 0 Å². The van der Waals surface area contributed by atoms with E-state index in [2.05, 4.69) is 0 Å². The molecule has 0 bridgehead atoms. The van der Waals surface area contributed by atoms with E-state index in [-0.39, 0.29) is 23.5 Å². The molecular formula is C19H24O7. The van der Waals surface area contributed by atoms with Crippen LogP contribution in [-0.4, -0.2) is 29.4 Å². The molecule has 26 heavy (non-hydrogen) atoms. The third kappa shape index (κ3) is 5.40. The summed E-state index contributed by atoms with van der Waals surface area (Å²) >= 11 is 0. The molecule has 2 N–H and O–H groups in total. The number of carbonyl (C=O) groups is 1. The number of benzene rings is 1. The number of carboxylic acid groups (broad SMARTS) is 1. The van der Waals surface area contributed by atoms with Crippen LogP contribution in [0.25, 0.3) is 11.0 Å². The Bertz CT molecular complexity index is 794. The van der Waals surface area contributed by atoms with Crippen molar-refractivity contribution >= 4 is 16.9 Å². The predicted molar refractivity (Wildman–Crippen MR) is 96.2 cm³/mol. The highest BCUT2D eigenvalue weighted by Crippen LogP contribution is 2.33. The topological polar surface area (TPSA) is 106 Å². The number of unbranched alkanes of at least 4 members (excludes halogenated alkanes) is 3. The molecular weight excluding hydrogens is 340 g/mol. The van der Waals surface area contributed by atoms with E-state index in [0.29, 0.717) is 30.8 Å². The molecule has 0 fully saturated rings. The largest absolute Gasteiger partial charge is 0.504 e. The summed E-state index contributed by atoms with van der Waals surface area (Å²) in [5.41, 5.74) is -0.504. The second kappa shape index (κ2) is 9.70. The van der Waals surface area contributed by atoms with Crippen molar-refractivity contribution in [3.05, 3.63) is 28.6 Å². The Morgan fingerprint density at radius 3 is 2.62 bits per heavy atom. The van der Waals surface area contributed by atoms with E-state index in [1.807, 2.05) is 6.92 Å². The van der Waals surface area contributed by atoms with Crippen molar-refractivity contribution in [3.8, 4) is 17.2 Å². The molecule has 7 heteroatoms. The van der Waals surface area contributed by atoms with Crippen LogP contribution in [0.4, 0.5) is 0 Å². The number of hydrogen-bond donors (Lipinski definition) is 2. The van der Waals surface area contributed by atoms with Crippen LogP contribution in [0.2, 0.25) is 0 Å². The van der Waals surface area contributed by atoms with Gasteiger partial charge in [-0.05, 0) is 37.8 Å². The summed E-state index contributed by atoms with van der Waals surface area (Å²) in [5, 5.41) is 19.2. The average molecular weight is 364 g/mol. The van der Waals surface area contributed by atoms with Crippen molar-refractivity contribution in [2.24, 2.45) is 0 Å². The molecule has 0 aliphatic heterocycles. The molecule has 2 aromatic rings. The van der Waals surface area contributed by atoms with Gasteiger partial charge in [0.25, 0.3) is 0 Å². The van der Waals surface area contributed by atoms with Crippen LogP contribution in [0.1, 0.15) is 45.4 Å². The molecule has 1 heterocycles. The molecule has 1 aromatic heterocycles. The van der Waals surface area contributed by atoms with Crippen molar-refractivity contribution in [2.75, 3.05) is 13.2 Å². The zero-order valence-electron chi connectivity index (χ0n) is 14.8. The van der Waals surface area contributed by atoms with Gasteiger partial charge in [0, 0.05) is 12.5 Å². The first-order valence-corrected chi connectivity index (χ1v) is 8.80. The van der Waals surface area contributed by atoms with Crippen LogP contribution in [-0.2, 0) is 4.79 Å². The minimum Gasteiger partial charge on any atom is -0.504 e. The maximum Gasteiger partial charge on any atom is 0.383 e. The van der Waals surface area contributed by atoms with Crippen molar-refractivity contribution in [2.45, 2.75) is 45.4 Å². The Labute approximate surface area is 151 Å². The highest BCUT2D eigenvalue weighted by molar-refractivity contribution is 5.86. The normalized spacial score (nSPS) is 10.8. The van der Waals surface area contributed by atoms with E-state index < -0.39 is 11.6 Å². The highest BCUT2D eigenvalue weighted by atomic mass is 16.5. The van der Waals surface area contributed by atoms with Crippen LogP contribution in [0.15, 0.2) is 27.4 Å². The molecule has 7 nitrogen and oxygen atoms in total. The standard InChI is InChI=1S/C19H24O7/c1-2-3-10-25-18-17(22)14-9-8-13(12-15(14)26-19(18)23)24-11-6-4-5-7-16(20)21/h8-9,12,22H,2-7,10-11H2,1H3,(H,20,21). The number of aromatic hydroxyl groups is 1. The van der Waals surface area contributed by atoms with Gasteiger partial charge in [-0.2, -0.15) is 0 Å². The van der Waals surface area contributed by atoms with Gasteiger partial charge in [-0.15, -0.1) is 0 Å². The molecule has 0 atom stereocenters. The Balaban J connectivity index is 2.01. The van der Waals surface area contributed by atoms with Gasteiger partial charge in [-0.3, -0.25) is 4.79 Å². The van der Waals surface area contributed by atoms with E-state index in [1.54, 1.807) is 18.2 Å². The first-order chi connectivity index (χ1) is 12.5. The quantitative estimate of drug-likeness (QED) is 0.462.